The van der Waals surface area contributed by atoms with Crippen molar-refractivity contribution in [3.63, 3.8) is 0 Å². The summed E-state index contributed by atoms with van der Waals surface area (Å²) in [6, 6.07) is 0.347. The zero-order chi connectivity index (χ0) is 18.0. The van der Waals surface area contributed by atoms with Gasteiger partial charge in [-0.25, -0.2) is 0 Å². The minimum Gasteiger partial charge on any atom is -0.275 e. The van der Waals surface area contributed by atoms with Gasteiger partial charge in [-0.3, -0.25) is 29.0 Å². The maximum Gasteiger partial charge on any atom is 0.256 e. The van der Waals surface area contributed by atoms with Gasteiger partial charge < -0.3 is 0 Å². The molecular formula is C19H24N2O4. The van der Waals surface area contributed by atoms with E-state index in [1.165, 1.54) is 22.0 Å². The molecule has 0 aromatic heterocycles. The highest BCUT2D eigenvalue weighted by molar-refractivity contribution is 6.13. The van der Waals surface area contributed by atoms with E-state index < -0.39 is 0 Å². The van der Waals surface area contributed by atoms with E-state index in [0.29, 0.717) is 5.57 Å². The highest BCUT2D eigenvalue weighted by Crippen LogP contribution is 2.29. The molecule has 25 heavy (non-hydrogen) atoms. The molecule has 2 aliphatic heterocycles. The first-order chi connectivity index (χ1) is 12.0. The smallest absolute Gasteiger partial charge is 0.256 e. The van der Waals surface area contributed by atoms with Gasteiger partial charge in [-0.15, -0.1) is 0 Å². The number of carbonyl (C=O) groups excluding carboxylic acids is 4. The lowest BCUT2D eigenvalue weighted by molar-refractivity contribution is -0.141. The van der Waals surface area contributed by atoms with E-state index >= 15 is 0 Å². The largest absolute Gasteiger partial charge is 0.275 e. The quantitative estimate of drug-likeness (QED) is 0.568. The first kappa shape index (κ1) is 17.6. The van der Waals surface area contributed by atoms with Crippen LogP contribution in [0.4, 0.5) is 0 Å². The van der Waals surface area contributed by atoms with E-state index in [1.807, 2.05) is 0 Å². The highest BCUT2D eigenvalue weighted by atomic mass is 16.2. The molecule has 0 aromatic rings. The normalized spacial score (nSPS) is 24.7. The number of likely N-dealkylation sites (tertiary alicyclic amines) is 1. The number of imide groups is 2. The molecule has 4 rings (SSSR count). The van der Waals surface area contributed by atoms with Gasteiger partial charge in [0.15, 0.2) is 0 Å². The monoisotopic (exact) mass is 344 g/mol. The van der Waals surface area contributed by atoms with Crippen molar-refractivity contribution in [2.24, 2.45) is 0 Å². The molecule has 2 saturated carbocycles. The zero-order valence-electron chi connectivity index (χ0n) is 14.4. The average molecular weight is 344 g/mol. The predicted molar refractivity (Wildman–Crippen MR) is 91.1 cm³/mol. The molecular weight excluding hydrogens is 320 g/mol. The standard InChI is InChI=1S/C10H13NO2.C9H11NO2/c1-7-6-9(12)11(10(7)13)8-4-2-3-5-8;11-8-5-6-9(12)10(8)7-3-1-2-4-7/h8H,1-6H2;5-7H,1-4H2. The van der Waals surface area contributed by atoms with E-state index in [2.05, 4.69) is 6.58 Å². The fraction of sp³-hybridized carbons (Fsp3) is 0.579. The number of hydrogen-bond donors (Lipinski definition) is 0. The van der Waals surface area contributed by atoms with Gasteiger partial charge >= 0.3 is 0 Å². The highest BCUT2D eigenvalue weighted by Gasteiger charge is 2.38. The molecule has 0 aromatic carbocycles. The molecule has 0 spiro atoms. The summed E-state index contributed by atoms with van der Waals surface area (Å²) < 4.78 is 0. The third-order valence-corrected chi connectivity index (χ3v) is 5.38. The molecule has 4 aliphatic rings. The van der Waals surface area contributed by atoms with E-state index in [9.17, 15) is 19.2 Å². The van der Waals surface area contributed by atoms with E-state index in [-0.39, 0.29) is 42.1 Å². The molecule has 0 radical (unpaired) electrons. The number of amides is 4. The van der Waals surface area contributed by atoms with Crippen molar-refractivity contribution in [3.05, 3.63) is 24.3 Å². The fourth-order valence-corrected chi connectivity index (χ4v) is 4.09. The Kier molecular flexibility index (Phi) is 5.16. The van der Waals surface area contributed by atoms with Crippen LogP contribution < -0.4 is 0 Å². The lowest BCUT2D eigenvalue weighted by atomic mass is 10.2. The summed E-state index contributed by atoms with van der Waals surface area (Å²) in [4.78, 5) is 48.1. The molecule has 134 valence electrons. The Morgan fingerprint density at radius 3 is 1.60 bits per heavy atom. The van der Waals surface area contributed by atoms with Crippen LogP contribution in [0.1, 0.15) is 57.8 Å². The number of nitrogens with zero attached hydrogens (tertiary/aromatic N) is 2. The Balaban J connectivity index is 0.000000146. The zero-order valence-corrected chi connectivity index (χ0v) is 14.4. The molecule has 0 N–H and O–H groups in total. The molecule has 3 fully saturated rings. The van der Waals surface area contributed by atoms with Gasteiger partial charge in [0.2, 0.25) is 5.91 Å². The lowest BCUT2D eigenvalue weighted by Crippen LogP contribution is -2.38. The van der Waals surface area contributed by atoms with Crippen molar-refractivity contribution in [1.29, 1.82) is 0 Å². The number of hydrogen-bond acceptors (Lipinski definition) is 4. The summed E-state index contributed by atoms with van der Waals surface area (Å²) in [5.41, 5.74) is 0.455. The van der Waals surface area contributed by atoms with Gasteiger partial charge in [-0.2, -0.15) is 0 Å². The van der Waals surface area contributed by atoms with E-state index in [1.54, 1.807) is 0 Å². The second-order valence-corrected chi connectivity index (χ2v) is 7.11. The fourth-order valence-electron chi connectivity index (χ4n) is 4.09. The SMILES string of the molecule is C=C1CC(=O)N(C2CCCC2)C1=O.O=C1C=CC(=O)N1C1CCCC1. The Morgan fingerprint density at radius 1 is 0.760 bits per heavy atom. The topological polar surface area (TPSA) is 74.8 Å². The minimum absolute atomic E-state index is 0.0538. The summed E-state index contributed by atoms with van der Waals surface area (Å²) in [5.74, 6) is -0.461. The van der Waals surface area contributed by atoms with Crippen molar-refractivity contribution < 1.29 is 19.2 Å². The average Bonchev–Trinajstić information content (AvgIpc) is 3.33. The Morgan fingerprint density at radius 2 is 1.20 bits per heavy atom. The van der Waals surface area contributed by atoms with Gasteiger partial charge in [-0.05, 0) is 25.7 Å². The van der Waals surface area contributed by atoms with Crippen LogP contribution >= 0.6 is 0 Å². The second-order valence-electron chi connectivity index (χ2n) is 7.11. The summed E-state index contributed by atoms with van der Waals surface area (Å²) in [5, 5.41) is 0. The number of rotatable bonds is 2. The predicted octanol–water partition coefficient (Wildman–Crippen LogP) is 2.10. The summed E-state index contributed by atoms with van der Waals surface area (Å²) in [7, 11) is 0. The number of carbonyl (C=O) groups is 4. The van der Waals surface area contributed by atoms with Gasteiger partial charge in [0.25, 0.3) is 17.7 Å². The molecule has 0 bridgehead atoms. The van der Waals surface area contributed by atoms with Crippen molar-refractivity contribution in [2.75, 3.05) is 0 Å². The molecule has 2 aliphatic carbocycles. The first-order valence-electron chi connectivity index (χ1n) is 9.08. The second kappa shape index (κ2) is 7.33. The molecule has 0 atom stereocenters. The summed E-state index contributed by atoms with van der Waals surface area (Å²) in [6.07, 6.45) is 11.4. The van der Waals surface area contributed by atoms with Gasteiger partial charge in [0.1, 0.15) is 0 Å². The lowest BCUT2D eigenvalue weighted by Gasteiger charge is -2.20. The molecule has 6 nitrogen and oxygen atoms in total. The van der Waals surface area contributed by atoms with Crippen LogP contribution in [0, 0.1) is 0 Å². The van der Waals surface area contributed by atoms with E-state index in [4.69, 9.17) is 0 Å². The molecule has 6 heteroatoms. The van der Waals surface area contributed by atoms with Gasteiger partial charge in [-0.1, -0.05) is 32.3 Å². The molecule has 4 amide bonds. The van der Waals surface area contributed by atoms with Crippen LogP contribution in [0.25, 0.3) is 0 Å². The van der Waals surface area contributed by atoms with Crippen molar-refractivity contribution in [3.8, 4) is 0 Å². The molecule has 1 saturated heterocycles. The Bertz CT molecular complexity index is 622. The van der Waals surface area contributed by atoms with Crippen molar-refractivity contribution in [1.82, 2.24) is 9.80 Å². The van der Waals surface area contributed by atoms with Crippen molar-refractivity contribution in [2.45, 2.75) is 69.9 Å². The van der Waals surface area contributed by atoms with Crippen molar-refractivity contribution >= 4 is 23.6 Å². The maximum atomic E-state index is 11.5. The molecule has 0 unspecified atom stereocenters. The summed E-state index contributed by atoms with van der Waals surface area (Å²) in [6.45, 7) is 3.60. The van der Waals surface area contributed by atoms with E-state index in [0.717, 1.165) is 51.4 Å². The molecule has 2 heterocycles. The first-order valence-corrected chi connectivity index (χ1v) is 9.08. The van der Waals surface area contributed by atoms with Crippen LogP contribution in [0.5, 0.6) is 0 Å². The van der Waals surface area contributed by atoms with Crippen LogP contribution in [0.2, 0.25) is 0 Å². The third-order valence-electron chi connectivity index (χ3n) is 5.38. The Labute approximate surface area is 147 Å². The van der Waals surface area contributed by atoms with Gasteiger partial charge in [0.05, 0.1) is 6.42 Å². The summed E-state index contributed by atoms with van der Waals surface area (Å²) >= 11 is 0. The maximum absolute atomic E-state index is 11.5. The van der Waals surface area contributed by atoms with Crippen LogP contribution in [-0.2, 0) is 19.2 Å². The minimum atomic E-state index is -0.142. The Hall–Kier alpha value is -2.24. The van der Waals surface area contributed by atoms with Crippen LogP contribution in [-0.4, -0.2) is 45.5 Å². The third kappa shape index (κ3) is 3.57. The van der Waals surface area contributed by atoms with Crippen LogP contribution in [0.3, 0.4) is 0 Å². The van der Waals surface area contributed by atoms with Gasteiger partial charge in [0, 0.05) is 29.8 Å². The van der Waals surface area contributed by atoms with Crippen LogP contribution in [0.15, 0.2) is 24.3 Å².